The number of imidazole rings is 1. The molecule has 1 aliphatic heterocycles. The first kappa shape index (κ1) is 18.5. The van der Waals surface area contributed by atoms with Crippen LogP contribution in [0, 0.1) is 0 Å². The number of benzene rings is 2. The minimum Gasteiger partial charge on any atom is -0.341 e. The van der Waals surface area contributed by atoms with Crippen LogP contribution in [0.2, 0.25) is 0 Å². The lowest BCUT2D eigenvalue weighted by Crippen LogP contribution is -2.43. The molecule has 1 saturated heterocycles. The highest BCUT2D eigenvalue weighted by atomic mass is 32.1. The molecule has 0 radical (unpaired) electrons. The van der Waals surface area contributed by atoms with Crippen molar-refractivity contribution in [2.45, 2.75) is 25.4 Å². The topological polar surface area (TPSA) is 106 Å². The van der Waals surface area contributed by atoms with Gasteiger partial charge < -0.3 is 15.6 Å². The average molecular weight is 432 g/mol. The number of rotatable bonds is 3. The zero-order chi connectivity index (χ0) is 20.9. The van der Waals surface area contributed by atoms with Crippen LogP contribution < -0.4 is 16.2 Å². The number of hydrogen-bond acceptors (Lipinski definition) is 7. The quantitative estimate of drug-likeness (QED) is 0.455. The van der Waals surface area contributed by atoms with Gasteiger partial charge >= 0.3 is 0 Å². The summed E-state index contributed by atoms with van der Waals surface area (Å²) in [4.78, 5) is 27.8. The molecule has 0 amide bonds. The third kappa shape index (κ3) is 3.17. The normalized spacial score (nSPS) is 17.2. The number of nitrogens with two attached hydrogens (primary N) is 1. The number of aromatic nitrogens is 5. The number of aromatic amines is 1. The maximum Gasteiger partial charge on any atom is 0.295 e. The van der Waals surface area contributed by atoms with E-state index in [9.17, 15) is 4.79 Å². The summed E-state index contributed by atoms with van der Waals surface area (Å²) >= 11 is 1.59. The van der Waals surface area contributed by atoms with Gasteiger partial charge in [-0.05, 0) is 24.3 Å². The third-order valence-electron chi connectivity index (χ3n) is 5.85. The molecule has 5 aromatic rings. The maximum absolute atomic E-state index is 13.1. The minimum atomic E-state index is -0.217. The van der Waals surface area contributed by atoms with Crippen LogP contribution in [0.15, 0.2) is 47.4 Å². The van der Waals surface area contributed by atoms with E-state index >= 15 is 0 Å². The van der Waals surface area contributed by atoms with Crippen molar-refractivity contribution in [2.75, 3.05) is 18.0 Å². The van der Waals surface area contributed by atoms with Gasteiger partial charge in [-0.15, -0.1) is 11.3 Å². The fourth-order valence-corrected chi connectivity index (χ4v) is 5.27. The Morgan fingerprint density at radius 3 is 2.97 bits per heavy atom. The van der Waals surface area contributed by atoms with Crippen molar-refractivity contribution < 1.29 is 0 Å². The van der Waals surface area contributed by atoms with E-state index in [4.69, 9.17) is 10.7 Å². The van der Waals surface area contributed by atoms with Crippen molar-refractivity contribution in [3.8, 4) is 0 Å². The number of piperidine rings is 1. The van der Waals surface area contributed by atoms with E-state index in [0.717, 1.165) is 51.9 Å². The highest BCUT2D eigenvalue weighted by molar-refractivity contribution is 7.18. The lowest BCUT2D eigenvalue weighted by atomic mass is 10.1. The van der Waals surface area contributed by atoms with E-state index in [0.29, 0.717) is 23.5 Å². The molecule has 6 rings (SSSR count). The molecule has 1 aliphatic rings. The largest absolute Gasteiger partial charge is 0.341 e. The summed E-state index contributed by atoms with van der Waals surface area (Å²) in [5, 5.41) is 7.49. The van der Waals surface area contributed by atoms with Crippen LogP contribution in [0.1, 0.15) is 17.8 Å². The SMILES string of the molecule is NC1CCCN(c2nc3c(=O)n(Cc4nc5c(ccc6ccccc65)s4)ncc3[nH]2)C1. The van der Waals surface area contributed by atoms with Gasteiger partial charge in [-0.3, -0.25) is 4.79 Å². The molecule has 0 saturated carbocycles. The lowest BCUT2D eigenvalue weighted by Gasteiger charge is -2.30. The van der Waals surface area contributed by atoms with Crippen LogP contribution in [0.25, 0.3) is 32.0 Å². The van der Waals surface area contributed by atoms with Crippen molar-refractivity contribution in [3.05, 3.63) is 58.0 Å². The smallest absolute Gasteiger partial charge is 0.295 e. The van der Waals surface area contributed by atoms with Crippen molar-refractivity contribution in [3.63, 3.8) is 0 Å². The van der Waals surface area contributed by atoms with E-state index in [2.05, 4.69) is 44.2 Å². The van der Waals surface area contributed by atoms with Gasteiger partial charge in [0.25, 0.3) is 5.56 Å². The molecule has 0 bridgehead atoms. The van der Waals surface area contributed by atoms with Crippen molar-refractivity contribution >= 4 is 49.3 Å². The molecule has 2 aromatic carbocycles. The molecule has 3 aromatic heterocycles. The van der Waals surface area contributed by atoms with Gasteiger partial charge in [-0.2, -0.15) is 5.10 Å². The molecule has 0 spiro atoms. The summed E-state index contributed by atoms with van der Waals surface area (Å²) in [6.07, 6.45) is 3.70. The summed E-state index contributed by atoms with van der Waals surface area (Å²) < 4.78 is 2.54. The van der Waals surface area contributed by atoms with Crippen LogP contribution in [-0.4, -0.2) is 43.9 Å². The average Bonchev–Trinajstić information content (AvgIpc) is 3.40. The Kier molecular flexibility index (Phi) is 4.25. The standard InChI is InChI=1S/C22H21N7OS/c23-14-5-3-9-28(11-14)22-25-16-10-24-29(21(30)20(16)27-22)12-18-26-19-15-6-2-1-4-13(15)7-8-17(19)31-18/h1-2,4,6-8,10,14H,3,5,9,11-12,23H2,(H,25,27). The van der Waals surface area contributed by atoms with E-state index in [1.807, 2.05) is 12.1 Å². The Morgan fingerprint density at radius 1 is 1.16 bits per heavy atom. The predicted molar refractivity (Wildman–Crippen MR) is 124 cm³/mol. The molecule has 156 valence electrons. The van der Waals surface area contributed by atoms with Crippen LogP contribution >= 0.6 is 11.3 Å². The molecule has 31 heavy (non-hydrogen) atoms. The van der Waals surface area contributed by atoms with E-state index in [-0.39, 0.29) is 11.6 Å². The predicted octanol–water partition coefficient (Wildman–Crippen LogP) is 2.86. The fraction of sp³-hybridized carbons (Fsp3) is 0.273. The van der Waals surface area contributed by atoms with Gasteiger partial charge in [0.15, 0.2) is 5.52 Å². The van der Waals surface area contributed by atoms with Crippen molar-refractivity contribution in [1.82, 2.24) is 24.7 Å². The third-order valence-corrected chi connectivity index (χ3v) is 6.86. The molecular formula is C22H21N7OS. The molecule has 1 fully saturated rings. The second-order valence-electron chi connectivity index (χ2n) is 8.02. The van der Waals surface area contributed by atoms with Crippen LogP contribution in [0.3, 0.4) is 0 Å². The van der Waals surface area contributed by atoms with Gasteiger partial charge in [0.2, 0.25) is 5.95 Å². The Balaban J connectivity index is 1.36. The maximum atomic E-state index is 13.1. The van der Waals surface area contributed by atoms with Crippen LogP contribution in [0.4, 0.5) is 5.95 Å². The Bertz CT molecular complexity index is 1480. The highest BCUT2D eigenvalue weighted by Gasteiger charge is 2.21. The molecular weight excluding hydrogens is 410 g/mol. The molecule has 0 aliphatic carbocycles. The molecule has 4 heterocycles. The number of anilines is 1. The van der Waals surface area contributed by atoms with E-state index < -0.39 is 0 Å². The summed E-state index contributed by atoms with van der Waals surface area (Å²) in [5.41, 5.74) is 7.89. The summed E-state index contributed by atoms with van der Waals surface area (Å²) in [7, 11) is 0. The molecule has 1 unspecified atom stereocenters. The Morgan fingerprint density at radius 2 is 2.06 bits per heavy atom. The first-order valence-corrected chi connectivity index (χ1v) is 11.2. The summed E-state index contributed by atoms with van der Waals surface area (Å²) in [6, 6.07) is 12.5. The highest BCUT2D eigenvalue weighted by Crippen LogP contribution is 2.29. The second kappa shape index (κ2) is 7.14. The first-order chi connectivity index (χ1) is 15.2. The Labute approximate surface area is 181 Å². The summed E-state index contributed by atoms with van der Waals surface area (Å²) in [6.45, 7) is 1.94. The first-order valence-electron chi connectivity index (χ1n) is 10.4. The van der Waals surface area contributed by atoms with Gasteiger partial charge in [0.1, 0.15) is 5.01 Å². The molecule has 8 nitrogen and oxygen atoms in total. The molecule has 1 atom stereocenters. The number of thiazole rings is 1. The van der Waals surface area contributed by atoms with Gasteiger partial charge in [-0.1, -0.05) is 30.3 Å². The van der Waals surface area contributed by atoms with Gasteiger partial charge in [-0.25, -0.2) is 14.6 Å². The zero-order valence-electron chi connectivity index (χ0n) is 16.8. The zero-order valence-corrected chi connectivity index (χ0v) is 17.6. The van der Waals surface area contributed by atoms with E-state index in [1.165, 1.54) is 4.68 Å². The van der Waals surface area contributed by atoms with Crippen LogP contribution in [-0.2, 0) is 6.54 Å². The lowest BCUT2D eigenvalue weighted by molar-refractivity contribution is 0.501. The number of fused-ring (bicyclic) bond motifs is 4. The van der Waals surface area contributed by atoms with Gasteiger partial charge in [0.05, 0.1) is 28.5 Å². The fourth-order valence-electron chi connectivity index (χ4n) is 4.30. The molecule has 3 N–H and O–H groups in total. The number of nitrogens with zero attached hydrogens (tertiary/aromatic N) is 5. The second-order valence-corrected chi connectivity index (χ2v) is 9.13. The minimum absolute atomic E-state index is 0.131. The Hall–Kier alpha value is -3.30. The van der Waals surface area contributed by atoms with E-state index in [1.54, 1.807) is 17.5 Å². The van der Waals surface area contributed by atoms with Crippen molar-refractivity contribution in [1.29, 1.82) is 0 Å². The van der Waals surface area contributed by atoms with Crippen LogP contribution in [0.5, 0.6) is 0 Å². The number of hydrogen-bond donors (Lipinski definition) is 2. The van der Waals surface area contributed by atoms with Crippen molar-refractivity contribution in [2.24, 2.45) is 5.73 Å². The molecule has 9 heteroatoms. The van der Waals surface area contributed by atoms with Gasteiger partial charge in [0, 0.05) is 24.5 Å². The number of H-pyrrole nitrogens is 1. The number of nitrogens with one attached hydrogen (secondary N) is 1. The monoisotopic (exact) mass is 431 g/mol. The summed E-state index contributed by atoms with van der Waals surface area (Å²) in [5.74, 6) is 0.688.